The van der Waals surface area contributed by atoms with Gasteiger partial charge in [0.25, 0.3) is 0 Å². The maximum absolute atomic E-state index is 6.23. The van der Waals surface area contributed by atoms with Crippen LogP contribution >= 0.6 is 11.6 Å². The first-order valence-corrected chi connectivity index (χ1v) is 7.40. The number of pyridine rings is 1. The van der Waals surface area contributed by atoms with E-state index in [1.165, 1.54) is 5.56 Å². The first-order valence-electron chi connectivity index (χ1n) is 7.02. The Morgan fingerprint density at radius 3 is 2.57 bits per heavy atom. The number of ether oxygens (including phenoxy) is 1. The summed E-state index contributed by atoms with van der Waals surface area (Å²) in [5.74, 6) is 0.844. The summed E-state index contributed by atoms with van der Waals surface area (Å²) in [6.07, 6.45) is 1.03. The second kappa shape index (κ2) is 6.15. The topological polar surface area (TPSA) is 22.1 Å². The van der Waals surface area contributed by atoms with E-state index in [1.54, 1.807) is 0 Å². The molecule has 3 heteroatoms. The SMILES string of the molecule is CCc1ccc(OCc2cc3ccccc3nc2Cl)cc1. The van der Waals surface area contributed by atoms with Crippen molar-refractivity contribution in [3.05, 3.63) is 70.9 Å². The molecule has 0 aliphatic carbocycles. The van der Waals surface area contributed by atoms with Gasteiger partial charge in [0.2, 0.25) is 0 Å². The van der Waals surface area contributed by atoms with Crippen LogP contribution in [0.2, 0.25) is 5.15 Å². The average Bonchev–Trinajstić information content (AvgIpc) is 2.53. The number of halogens is 1. The summed E-state index contributed by atoms with van der Waals surface area (Å²) in [5, 5.41) is 1.57. The Morgan fingerprint density at radius 2 is 1.81 bits per heavy atom. The first kappa shape index (κ1) is 13.9. The van der Waals surface area contributed by atoms with Gasteiger partial charge in [-0.15, -0.1) is 0 Å². The standard InChI is InChI=1S/C18H16ClNO/c1-2-13-7-9-16(10-8-13)21-12-15-11-14-5-3-4-6-17(14)20-18(15)19/h3-11H,2,12H2,1H3. The minimum absolute atomic E-state index is 0.419. The fourth-order valence-electron chi connectivity index (χ4n) is 2.22. The molecule has 3 aromatic rings. The van der Waals surface area contributed by atoms with Crippen molar-refractivity contribution in [3.63, 3.8) is 0 Å². The summed E-state index contributed by atoms with van der Waals surface area (Å²) in [4.78, 5) is 4.40. The molecule has 0 saturated carbocycles. The Morgan fingerprint density at radius 1 is 1.05 bits per heavy atom. The second-order valence-corrected chi connectivity index (χ2v) is 5.28. The van der Waals surface area contributed by atoms with Crippen LogP contribution in [-0.4, -0.2) is 4.98 Å². The predicted molar refractivity (Wildman–Crippen MR) is 86.9 cm³/mol. The van der Waals surface area contributed by atoms with E-state index in [1.807, 2.05) is 42.5 Å². The van der Waals surface area contributed by atoms with E-state index in [0.29, 0.717) is 11.8 Å². The molecule has 3 rings (SSSR count). The zero-order valence-electron chi connectivity index (χ0n) is 11.8. The van der Waals surface area contributed by atoms with Gasteiger partial charge >= 0.3 is 0 Å². The number of fused-ring (bicyclic) bond motifs is 1. The van der Waals surface area contributed by atoms with E-state index in [2.05, 4.69) is 24.0 Å². The summed E-state index contributed by atoms with van der Waals surface area (Å²) in [6.45, 7) is 2.55. The van der Waals surface area contributed by atoms with Crippen molar-refractivity contribution in [2.45, 2.75) is 20.0 Å². The van der Waals surface area contributed by atoms with Crippen LogP contribution < -0.4 is 4.74 Å². The minimum atomic E-state index is 0.419. The molecule has 0 unspecified atom stereocenters. The van der Waals surface area contributed by atoms with Crippen LogP contribution in [0.4, 0.5) is 0 Å². The zero-order valence-corrected chi connectivity index (χ0v) is 12.6. The number of hydrogen-bond acceptors (Lipinski definition) is 2. The first-order chi connectivity index (χ1) is 10.3. The van der Waals surface area contributed by atoms with E-state index in [4.69, 9.17) is 16.3 Å². The fraction of sp³-hybridized carbons (Fsp3) is 0.167. The van der Waals surface area contributed by atoms with Gasteiger partial charge in [-0.1, -0.05) is 48.9 Å². The molecule has 0 aliphatic heterocycles. The maximum atomic E-state index is 6.23. The molecule has 0 aliphatic rings. The van der Waals surface area contributed by atoms with Crippen LogP contribution in [-0.2, 0) is 13.0 Å². The van der Waals surface area contributed by atoms with Crippen molar-refractivity contribution in [3.8, 4) is 5.75 Å². The van der Waals surface area contributed by atoms with Gasteiger partial charge in [0.15, 0.2) is 0 Å². The van der Waals surface area contributed by atoms with E-state index in [0.717, 1.165) is 28.6 Å². The molecule has 1 heterocycles. The third-order valence-corrected chi connectivity index (χ3v) is 3.80. The Hall–Kier alpha value is -2.06. The van der Waals surface area contributed by atoms with Gasteiger partial charge in [-0.2, -0.15) is 0 Å². The lowest BCUT2D eigenvalue weighted by molar-refractivity contribution is 0.306. The fourth-order valence-corrected chi connectivity index (χ4v) is 2.42. The van der Waals surface area contributed by atoms with Crippen LogP contribution in [0.25, 0.3) is 10.9 Å². The van der Waals surface area contributed by atoms with Gasteiger partial charge in [-0.3, -0.25) is 0 Å². The minimum Gasteiger partial charge on any atom is -0.489 e. The van der Waals surface area contributed by atoms with Gasteiger partial charge < -0.3 is 4.74 Å². The van der Waals surface area contributed by atoms with E-state index < -0.39 is 0 Å². The predicted octanol–water partition coefficient (Wildman–Crippen LogP) is 5.03. The molecule has 1 aromatic heterocycles. The molecule has 0 atom stereocenters. The number of aromatic nitrogens is 1. The van der Waals surface area contributed by atoms with E-state index in [9.17, 15) is 0 Å². The lowest BCUT2D eigenvalue weighted by Gasteiger charge is -2.09. The summed E-state index contributed by atoms with van der Waals surface area (Å²) in [5.41, 5.74) is 3.10. The van der Waals surface area contributed by atoms with Crippen LogP contribution in [0.1, 0.15) is 18.1 Å². The van der Waals surface area contributed by atoms with Crippen LogP contribution in [0.3, 0.4) is 0 Å². The van der Waals surface area contributed by atoms with Crippen molar-refractivity contribution in [2.75, 3.05) is 0 Å². The number of rotatable bonds is 4. The van der Waals surface area contributed by atoms with Gasteiger partial charge in [-0.05, 0) is 36.2 Å². The number of hydrogen-bond donors (Lipinski definition) is 0. The Kier molecular flexibility index (Phi) is 4.07. The lowest BCUT2D eigenvalue weighted by atomic mass is 10.1. The van der Waals surface area contributed by atoms with E-state index in [-0.39, 0.29) is 0 Å². The van der Waals surface area contributed by atoms with Gasteiger partial charge in [-0.25, -0.2) is 4.98 Å². The molecule has 106 valence electrons. The summed E-state index contributed by atoms with van der Waals surface area (Å²) >= 11 is 6.23. The molecule has 0 fully saturated rings. The smallest absolute Gasteiger partial charge is 0.136 e. The highest BCUT2D eigenvalue weighted by molar-refractivity contribution is 6.30. The Balaban J connectivity index is 1.79. The van der Waals surface area contributed by atoms with Crippen LogP contribution in [0, 0.1) is 0 Å². The average molecular weight is 298 g/mol. The quantitative estimate of drug-likeness (QED) is 0.630. The summed E-state index contributed by atoms with van der Waals surface area (Å²) < 4.78 is 5.80. The van der Waals surface area contributed by atoms with Crippen molar-refractivity contribution in [1.82, 2.24) is 4.98 Å². The number of aryl methyl sites for hydroxylation is 1. The molecular weight excluding hydrogens is 282 g/mol. The second-order valence-electron chi connectivity index (χ2n) is 4.92. The van der Waals surface area contributed by atoms with Gasteiger partial charge in [0.1, 0.15) is 17.5 Å². The number of para-hydroxylation sites is 1. The highest BCUT2D eigenvalue weighted by atomic mass is 35.5. The van der Waals surface area contributed by atoms with Crippen molar-refractivity contribution >= 4 is 22.5 Å². The molecule has 0 N–H and O–H groups in total. The number of nitrogens with zero attached hydrogens (tertiary/aromatic N) is 1. The number of benzene rings is 2. The molecule has 0 saturated heterocycles. The lowest BCUT2D eigenvalue weighted by Crippen LogP contribution is -1.98. The van der Waals surface area contributed by atoms with E-state index >= 15 is 0 Å². The molecule has 0 amide bonds. The molecule has 0 bridgehead atoms. The summed E-state index contributed by atoms with van der Waals surface area (Å²) in [7, 11) is 0. The van der Waals surface area contributed by atoms with Gasteiger partial charge in [0.05, 0.1) is 5.52 Å². The molecule has 0 radical (unpaired) electrons. The zero-order chi connectivity index (χ0) is 14.7. The molecule has 2 nitrogen and oxygen atoms in total. The van der Waals surface area contributed by atoms with Crippen LogP contribution in [0.5, 0.6) is 5.75 Å². The molecule has 21 heavy (non-hydrogen) atoms. The highest BCUT2D eigenvalue weighted by Crippen LogP contribution is 2.22. The highest BCUT2D eigenvalue weighted by Gasteiger charge is 2.05. The largest absolute Gasteiger partial charge is 0.489 e. The maximum Gasteiger partial charge on any atom is 0.136 e. The third kappa shape index (κ3) is 3.17. The molecule has 2 aromatic carbocycles. The van der Waals surface area contributed by atoms with Crippen molar-refractivity contribution in [1.29, 1.82) is 0 Å². The Bertz CT molecular complexity index is 753. The third-order valence-electron chi connectivity index (χ3n) is 3.48. The van der Waals surface area contributed by atoms with Crippen molar-refractivity contribution in [2.24, 2.45) is 0 Å². The monoisotopic (exact) mass is 297 g/mol. The molecular formula is C18H16ClNO. The summed E-state index contributed by atoms with van der Waals surface area (Å²) in [6, 6.07) is 18.1. The molecule has 0 spiro atoms. The van der Waals surface area contributed by atoms with Crippen LogP contribution in [0.15, 0.2) is 54.6 Å². The van der Waals surface area contributed by atoms with Crippen molar-refractivity contribution < 1.29 is 4.74 Å². The Labute approximate surface area is 129 Å². The van der Waals surface area contributed by atoms with Gasteiger partial charge in [0, 0.05) is 10.9 Å². The normalized spacial score (nSPS) is 10.8.